The van der Waals surface area contributed by atoms with Gasteiger partial charge >= 0.3 is 0 Å². The molecule has 2 rings (SSSR count). The molecule has 0 unspecified atom stereocenters. The molecule has 1 heterocycles. The lowest BCUT2D eigenvalue weighted by Crippen LogP contribution is -3.14. The Kier molecular flexibility index (Phi) is 6.53. The second-order valence-corrected chi connectivity index (χ2v) is 8.41. The Balaban J connectivity index is 2.23. The van der Waals surface area contributed by atoms with Crippen LogP contribution in [0.15, 0.2) is 18.2 Å². The van der Waals surface area contributed by atoms with Gasteiger partial charge in [-0.05, 0) is 25.1 Å². The van der Waals surface area contributed by atoms with Crippen molar-refractivity contribution in [3.63, 3.8) is 0 Å². The number of hydrogen-bond donors (Lipinski definition) is 1. The smallest absolute Gasteiger partial charge is 0.243 e. The third-order valence-electron chi connectivity index (χ3n) is 4.41. The maximum atomic E-state index is 12.6. The van der Waals surface area contributed by atoms with E-state index in [0.29, 0.717) is 23.9 Å². The molecule has 0 saturated carbocycles. The van der Waals surface area contributed by atoms with Gasteiger partial charge in [-0.3, -0.25) is 9.10 Å². The standard InChI is InChI=1S/C16H24ClN3O4S/c1-4-18-7-9-19(10-8-18)16(21)12-20(25(3,22)23)14-11-13(17)5-6-15(14)24-2/h5-6,11H,4,7-10,12H2,1-3H3/p+1. The predicted molar refractivity (Wildman–Crippen MR) is 98.0 cm³/mol. The Morgan fingerprint density at radius 1 is 1.36 bits per heavy atom. The summed E-state index contributed by atoms with van der Waals surface area (Å²) in [5.74, 6) is 0.130. The van der Waals surface area contributed by atoms with E-state index in [9.17, 15) is 13.2 Å². The minimum Gasteiger partial charge on any atom is -0.495 e. The highest BCUT2D eigenvalue weighted by Crippen LogP contribution is 2.32. The minimum absolute atomic E-state index is 0.220. The van der Waals surface area contributed by atoms with Crippen molar-refractivity contribution in [3.8, 4) is 5.75 Å². The molecule has 7 nitrogen and oxygen atoms in total. The number of ether oxygens (including phenoxy) is 1. The minimum atomic E-state index is -3.67. The molecule has 0 bridgehead atoms. The van der Waals surface area contributed by atoms with Crippen molar-refractivity contribution in [1.82, 2.24) is 4.90 Å². The lowest BCUT2D eigenvalue weighted by atomic mass is 10.2. The summed E-state index contributed by atoms with van der Waals surface area (Å²) in [4.78, 5) is 15.8. The van der Waals surface area contributed by atoms with Crippen molar-refractivity contribution in [3.05, 3.63) is 23.2 Å². The number of methoxy groups -OCH3 is 1. The van der Waals surface area contributed by atoms with Crippen LogP contribution in [0.2, 0.25) is 5.02 Å². The summed E-state index contributed by atoms with van der Waals surface area (Å²) in [5, 5.41) is 0.372. The number of piperazine rings is 1. The first-order valence-corrected chi connectivity index (χ1v) is 10.4. The quantitative estimate of drug-likeness (QED) is 0.734. The summed E-state index contributed by atoms with van der Waals surface area (Å²) in [6, 6.07) is 4.69. The van der Waals surface area contributed by atoms with E-state index in [1.165, 1.54) is 18.1 Å². The Bertz CT molecular complexity index is 718. The van der Waals surface area contributed by atoms with Gasteiger partial charge in [0.25, 0.3) is 0 Å². The maximum Gasteiger partial charge on any atom is 0.243 e. The van der Waals surface area contributed by atoms with Crippen LogP contribution in [0.1, 0.15) is 6.92 Å². The number of anilines is 1. The van der Waals surface area contributed by atoms with E-state index in [2.05, 4.69) is 6.92 Å². The van der Waals surface area contributed by atoms with Gasteiger partial charge in [0.1, 0.15) is 12.3 Å². The Labute approximate surface area is 154 Å². The zero-order valence-corrected chi connectivity index (χ0v) is 16.4. The zero-order chi connectivity index (χ0) is 18.6. The highest BCUT2D eigenvalue weighted by molar-refractivity contribution is 7.92. The molecule has 9 heteroatoms. The lowest BCUT2D eigenvalue weighted by Gasteiger charge is -2.33. The summed E-state index contributed by atoms with van der Waals surface area (Å²) in [5.41, 5.74) is 0.267. The summed E-state index contributed by atoms with van der Waals surface area (Å²) in [6.45, 7) is 5.89. The first-order valence-electron chi connectivity index (χ1n) is 8.18. The van der Waals surface area contributed by atoms with Crippen molar-refractivity contribution in [2.75, 3.05) is 56.9 Å². The van der Waals surface area contributed by atoms with Crippen LogP contribution >= 0.6 is 11.6 Å². The third-order valence-corrected chi connectivity index (χ3v) is 5.77. The summed E-state index contributed by atoms with van der Waals surface area (Å²) in [6.07, 6.45) is 1.07. The Morgan fingerprint density at radius 2 is 2.00 bits per heavy atom. The molecule has 1 aliphatic heterocycles. The van der Waals surface area contributed by atoms with Crippen LogP contribution in [0.3, 0.4) is 0 Å². The second kappa shape index (κ2) is 8.25. The number of nitrogens with zero attached hydrogens (tertiary/aromatic N) is 2. The molecular weight excluding hydrogens is 366 g/mol. The van der Waals surface area contributed by atoms with Gasteiger partial charge in [0.05, 0.1) is 51.8 Å². The maximum absolute atomic E-state index is 12.6. The summed E-state index contributed by atoms with van der Waals surface area (Å²) < 4.78 is 30.9. The molecule has 0 spiro atoms. The van der Waals surface area contributed by atoms with E-state index >= 15 is 0 Å². The molecule has 25 heavy (non-hydrogen) atoms. The molecule has 1 fully saturated rings. The third kappa shape index (κ3) is 4.99. The molecule has 1 saturated heterocycles. The highest BCUT2D eigenvalue weighted by Gasteiger charge is 2.29. The molecule has 1 aliphatic rings. The topological polar surface area (TPSA) is 71.4 Å². The van der Waals surface area contributed by atoms with Crippen LogP contribution < -0.4 is 13.9 Å². The number of amides is 1. The van der Waals surface area contributed by atoms with Gasteiger partial charge < -0.3 is 14.5 Å². The number of quaternary nitrogens is 1. The number of nitrogens with one attached hydrogen (secondary N) is 1. The van der Waals surface area contributed by atoms with E-state index in [0.717, 1.165) is 30.2 Å². The largest absolute Gasteiger partial charge is 0.495 e. The molecule has 1 aromatic rings. The first kappa shape index (κ1) is 19.8. The van der Waals surface area contributed by atoms with Crippen LogP contribution in [0.4, 0.5) is 5.69 Å². The molecule has 1 aromatic carbocycles. The average molecular weight is 391 g/mol. The van der Waals surface area contributed by atoms with Gasteiger partial charge in [-0.25, -0.2) is 8.42 Å². The SMILES string of the molecule is CC[NH+]1CCN(C(=O)CN(c2cc(Cl)ccc2OC)S(C)(=O)=O)CC1. The van der Waals surface area contributed by atoms with Crippen LogP contribution in [0.5, 0.6) is 5.75 Å². The fourth-order valence-electron chi connectivity index (χ4n) is 2.89. The van der Waals surface area contributed by atoms with E-state index in [4.69, 9.17) is 16.3 Å². The molecule has 0 aliphatic carbocycles. The van der Waals surface area contributed by atoms with E-state index < -0.39 is 10.0 Å². The monoisotopic (exact) mass is 390 g/mol. The Hall–Kier alpha value is -1.51. The Morgan fingerprint density at radius 3 is 2.52 bits per heavy atom. The predicted octanol–water partition coefficient (Wildman–Crippen LogP) is -0.138. The number of halogens is 1. The van der Waals surface area contributed by atoms with Crippen LogP contribution in [-0.4, -0.2) is 71.9 Å². The average Bonchev–Trinajstić information content (AvgIpc) is 2.58. The summed E-state index contributed by atoms with van der Waals surface area (Å²) in [7, 11) is -2.23. The zero-order valence-electron chi connectivity index (χ0n) is 14.8. The van der Waals surface area contributed by atoms with Crippen molar-refractivity contribution >= 4 is 33.2 Å². The van der Waals surface area contributed by atoms with Gasteiger partial charge in [0, 0.05) is 5.02 Å². The van der Waals surface area contributed by atoms with Gasteiger partial charge in [-0.2, -0.15) is 0 Å². The van der Waals surface area contributed by atoms with Crippen LogP contribution in [0.25, 0.3) is 0 Å². The van der Waals surface area contributed by atoms with Crippen molar-refractivity contribution < 1.29 is 22.8 Å². The number of rotatable bonds is 6. The van der Waals surface area contributed by atoms with Crippen LogP contribution in [-0.2, 0) is 14.8 Å². The van der Waals surface area contributed by atoms with Crippen LogP contribution in [0, 0.1) is 0 Å². The van der Waals surface area contributed by atoms with Crippen molar-refractivity contribution in [1.29, 1.82) is 0 Å². The molecule has 140 valence electrons. The highest BCUT2D eigenvalue weighted by atomic mass is 35.5. The molecule has 1 amide bonds. The van der Waals surface area contributed by atoms with Gasteiger partial charge in [0.2, 0.25) is 15.9 Å². The summed E-state index contributed by atoms with van der Waals surface area (Å²) >= 11 is 6.01. The molecule has 0 aromatic heterocycles. The van der Waals surface area contributed by atoms with Gasteiger partial charge in [-0.1, -0.05) is 11.6 Å². The second-order valence-electron chi connectivity index (χ2n) is 6.07. The molecule has 0 atom stereocenters. The fourth-order valence-corrected chi connectivity index (χ4v) is 3.90. The molecule has 0 radical (unpaired) electrons. The lowest BCUT2D eigenvalue weighted by molar-refractivity contribution is -0.902. The van der Waals surface area contributed by atoms with E-state index in [1.54, 1.807) is 17.0 Å². The number of likely N-dealkylation sites (N-methyl/N-ethyl adjacent to an activating group) is 1. The number of carbonyl (C=O) groups excluding carboxylic acids is 1. The van der Waals surface area contributed by atoms with E-state index in [-0.39, 0.29) is 18.1 Å². The number of sulfonamides is 1. The normalized spacial score (nSPS) is 15.9. The molecular formula is C16H25ClN3O4S+. The number of benzene rings is 1. The first-order chi connectivity index (χ1) is 11.8. The van der Waals surface area contributed by atoms with Crippen molar-refractivity contribution in [2.45, 2.75) is 6.92 Å². The van der Waals surface area contributed by atoms with Gasteiger partial charge in [0.15, 0.2) is 0 Å². The molecule has 1 N–H and O–H groups in total. The van der Waals surface area contributed by atoms with Gasteiger partial charge in [-0.15, -0.1) is 0 Å². The van der Waals surface area contributed by atoms with E-state index in [1.807, 2.05) is 0 Å². The number of carbonyl (C=O) groups is 1. The van der Waals surface area contributed by atoms with Crippen molar-refractivity contribution in [2.24, 2.45) is 0 Å². The number of hydrogen-bond acceptors (Lipinski definition) is 4. The fraction of sp³-hybridized carbons (Fsp3) is 0.562.